The summed E-state index contributed by atoms with van der Waals surface area (Å²) in [6.07, 6.45) is 0. The fourth-order valence-corrected chi connectivity index (χ4v) is 2.99. The fourth-order valence-electron chi connectivity index (χ4n) is 2.07. The molecule has 0 radical (unpaired) electrons. The molecule has 1 N–H and O–H groups in total. The minimum Gasteiger partial charge on any atom is -0.311 e. The Bertz CT molecular complexity index is 552. The molecular formula is C16H19N3S. The minimum absolute atomic E-state index is 0.397. The topological polar surface area (TPSA) is 39.1 Å². The van der Waals surface area contributed by atoms with Crippen molar-refractivity contribution in [2.75, 3.05) is 20.6 Å². The molecule has 0 amide bonds. The lowest BCUT2D eigenvalue weighted by Crippen LogP contribution is -2.30. The van der Waals surface area contributed by atoms with E-state index < -0.39 is 0 Å². The van der Waals surface area contributed by atoms with E-state index in [4.69, 9.17) is 5.26 Å². The van der Waals surface area contributed by atoms with Crippen molar-refractivity contribution in [1.29, 1.82) is 5.26 Å². The van der Waals surface area contributed by atoms with Gasteiger partial charge in [0.25, 0.3) is 0 Å². The number of benzene rings is 1. The predicted octanol–water partition coefficient (Wildman–Crippen LogP) is 3.01. The van der Waals surface area contributed by atoms with Crippen LogP contribution in [0.1, 0.15) is 22.0 Å². The fraction of sp³-hybridized carbons (Fsp3) is 0.312. The molecule has 0 saturated heterocycles. The molecule has 0 spiro atoms. The lowest BCUT2D eigenvalue weighted by molar-refractivity contribution is 0.292. The van der Waals surface area contributed by atoms with Crippen molar-refractivity contribution in [3.8, 4) is 6.07 Å². The number of nitrogens with zero attached hydrogens (tertiary/aromatic N) is 2. The molecule has 2 rings (SSSR count). The molecule has 0 aliphatic carbocycles. The standard InChI is InChI=1S/C16H19N3S/c1-19(2)15(16-4-3-9-20-16)12-18-11-14-7-5-13(10-17)6-8-14/h3-9,15,18H,11-12H2,1-2H3. The number of likely N-dealkylation sites (N-methyl/N-ethyl adjacent to an activating group) is 1. The minimum atomic E-state index is 0.397. The second-order valence-corrected chi connectivity index (χ2v) is 5.91. The van der Waals surface area contributed by atoms with Gasteiger partial charge in [-0.15, -0.1) is 11.3 Å². The van der Waals surface area contributed by atoms with Crippen LogP contribution in [0.25, 0.3) is 0 Å². The molecular weight excluding hydrogens is 266 g/mol. The Morgan fingerprint density at radius 3 is 2.55 bits per heavy atom. The molecule has 20 heavy (non-hydrogen) atoms. The maximum Gasteiger partial charge on any atom is 0.0991 e. The molecule has 4 heteroatoms. The van der Waals surface area contributed by atoms with Gasteiger partial charge in [0.1, 0.15) is 0 Å². The van der Waals surface area contributed by atoms with Crippen molar-refractivity contribution in [1.82, 2.24) is 10.2 Å². The van der Waals surface area contributed by atoms with Crippen LogP contribution >= 0.6 is 11.3 Å². The summed E-state index contributed by atoms with van der Waals surface area (Å²) in [6.45, 7) is 1.73. The molecule has 0 aliphatic rings. The smallest absolute Gasteiger partial charge is 0.0991 e. The van der Waals surface area contributed by atoms with Gasteiger partial charge in [0, 0.05) is 18.0 Å². The summed E-state index contributed by atoms with van der Waals surface area (Å²) in [5.74, 6) is 0. The highest BCUT2D eigenvalue weighted by atomic mass is 32.1. The van der Waals surface area contributed by atoms with Gasteiger partial charge in [-0.2, -0.15) is 5.26 Å². The zero-order chi connectivity index (χ0) is 14.4. The maximum atomic E-state index is 8.77. The molecule has 1 heterocycles. The summed E-state index contributed by atoms with van der Waals surface area (Å²) < 4.78 is 0. The number of nitriles is 1. The van der Waals surface area contributed by atoms with E-state index in [0.29, 0.717) is 11.6 Å². The van der Waals surface area contributed by atoms with E-state index >= 15 is 0 Å². The summed E-state index contributed by atoms with van der Waals surface area (Å²) in [7, 11) is 4.21. The van der Waals surface area contributed by atoms with Crippen LogP contribution < -0.4 is 5.32 Å². The highest BCUT2D eigenvalue weighted by Crippen LogP contribution is 2.22. The summed E-state index contributed by atoms with van der Waals surface area (Å²) in [4.78, 5) is 3.61. The molecule has 2 aromatic rings. The van der Waals surface area contributed by atoms with Crippen LogP contribution in [-0.2, 0) is 6.54 Å². The van der Waals surface area contributed by atoms with Crippen molar-refractivity contribution < 1.29 is 0 Å². The van der Waals surface area contributed by atoms with Crippen molar-refractivity contribution in [2.45, 2.75) is 12.6 Å². The van der Waals surface area contributed by atoms with Gasteiger partial charge in [-0.1, -0.05) is 18.2 Å². The summed E-state index contributed by atoms with van der Waals surface area (Å²) in [5.41, 5.74) is 1.91. The largest absolute Gasteiger partial charge is 0.311 e. The van der Waals surface area contributed by atoms with Crippen LogP contribution in [-0.4, -0.2) is 25.5 Å². The predicted molar refractivity (Wildman–Crippen MR) is 83.6 cm³/mol. The van der Waals surface area contributed by atoms with Crippen LogP contribution in [0.15, 0.2) is 41.8 Å². The van der Waals surface area contributed by atoms with Gasteiger partial charge in [-0.3, -0.25) is 0 Å². The molecule has 1 atom stereocenters. The zero-order valence-corrected chi connectivity index (χ0v) is 12.7. The molecule has 0 saturated carbocycles. The Morgan fingerprint density at radius 1 is 1.25 bits per heavy atom. The third-order valence-corrected chi connectivity index (χ3v) is 4.22. The van der Waals surface area contributed by atoms with Gasteiger partial charge in [0.05, 0.1) is 17.7 Å². The Labute approximate surface area is 124 Å². The van der Waals surface area contributed by atoms with Crippen molar-refractivity contribution >= 4 is 11.3 Å². The first-order chi connectivity index (χ1) is 9.70. The van der Waals surface area contributed by atoms with Crippen LogP contribution in [0.5, 0.6) is 0 Å². The summed E-state index contributed by atoms with van der Waals surface area (Å²) in [5, 5.41) is 14.4. The second-order valence-electron chi connectivity index (χ2n) is 4.93. The van der Waals surface area contributed by atoms with E-state index in [9.17, 15) is 0 Å². The summed E-state index contributed by atoms with van der Waals surface area (Å²) in [6, 6.07) is 14.5. The highest BCUT2D eigenvalue weighted by Gasteiger charge is 2.14. The lowest BCUT2D eigenvalue weighted by Gasteiger charge is -2.23. The molecule has 3 nitrogen and oxygen atoms in total. The van der Waals surface area contributed by atoms with E-state index in [1.165, 1.54) is 10.4 Å². The first-order valence-electron chi connectivity index (χ1n) is 6.60. The van der Waals surface area contributed by atoms with Crippen LogP contribution in [0.2, 0.25) is 0 Å². The average molecular weight is 285 g/mol. The van der Waals surface area contributed by atoms with E-state index in [1.807, 2.05) is 24.3 Å². The molecule has 1 aromatic heterocycles. The van der Waals surface area contributed by atoms with E-state index in [-0.39, 0.29) is 0 Å². The average Bonchev–Trinajstić information content (AvgIpc) is 2.97. The van der Waals surface area contributed by atoms with E-state index in [2.05, 4.69) is 47.9 Å². The Balaban J connectivity index is 1.89. The molecule has 0 bridgehead atoms. The number of hydrogen-bond acceptors (Lipinski definition) is 4. The van der Waals surface area contributed by atoms with E-state index in [1.54, 1.807) is 11.3 Å². The number of rotatable bonds is 6. The van der Waals surface area contributed by atoms with Crippen LogP contribution in [0, 0.1) is 11.3 Å². The Kier molecular flexibility index (Phi) is 5.31. The van der Waals surface area contributed by atoms with Gasteiger partial charge >= 0.3 is 0 Å². The molecule has 1 aromatic carbocycles. The number of hydrogen-bond donors (Lipinski definition) is 1. The Hall–Kier alpha value is -1.67. The molecule has 104 valence electrons. The molecule has 0 aliphatic heterocycles. The highest BCUT2D eigenvalue weighted by molar-refractivity contribution is 7.10. The maximum absolute atomic E-state index is 8.77. The normalized spacial score (nSPS) is 12.3. The van der Waals surface area contributed by atoms with Gasteiger partial charge in [0.15, 0.2) is 0 Å². The third-order valence-electron chi connectivity index (χ3n) is 3.24. The van der Waals surface area contributed by atoms with Crippen LogP contribution in [0.3, 0.4) is 0 Å². The first-order valence-corrected chi connectivity index (χ1v) is 7.48. The van der Waals surface area contributed by atoms with Crippen molar-refractivity contribution in [3.05, 3.63) is 57.8 Å². The van der Waals surface area contributed by atoms with Crippen LogP contribution in [0.4, 0.5) is 0 Å². The lowest BCUT2D eigenvalue weighted by atomic mass is 10.1. The van der Waals surface area contributed by atoms with Gasteiger partial charge in [0.2, 0.25) is 0 Å². The monoisotopic (exact) mass is 285 g/mol. The molecule has 1 unspecified atom stereocenters. The van der Waals surface area contributed by atoms with Gasteiger partial charge < -0.3 is 10.2 Å². The summed E-state index contributed by atoms with van der Waals surface area (Å²) >= 11 is 1.79. The van der Waals surface area contributed by atoms with Gasteiger partial charge in [-0.25, -0.2) is 0 Å². The Morgan fingerprint density at radius 2 is 2.00 bits per heavy atom. The third kappa shape index (κ3) is 3.91. The second kappa shape index (κ2) is 7.20. The molecule has 0 fully saturated rings. The SMILES string of the molecule is CN(C)C(CNCc1ccc(C#N)cc1)c1cccs1. The van der Waals surface area contributed by atoms with Crippen molar-refractivity contribution in [3.63, 3.8) is 0 Å². The zero-order valence-electron chi connectivity index (χ0n) is 11.8. The quantitative estimate of drug-likeness (QED) is 0.886. The number of thiophene rings is 1. The van der Waals surface area contributed by atoms with Gasteiger partial charge in [-0.05, 0) is 43.2 Å². The first kappa shape index (κ1) is 14.7. The van der Waals surface area contributed by atoms with E-state index in [0.717, 1.165) is 13.1 Å². The van der Waals surface area contributed by atoms with Crippen molar-refractivity contribution in [2.24, 2.45) is 0 Å². The number of nitrogens with one attached hydrogen (secondary N) is 1.